The number of rotatable bonds is 16. The number of nitrogens with one attached hydrogen (secondary N) is 1. The normalized spacial score (nSPS) is 14.3. The monoisotopic (exact) mass is 672 g/mol. The third-order valence-electron chi connectivity index (χ3n) is 6.86. The molecule has 2 amide bonds. The maximum Gasteiger partial charge on any atom is 0.573 e. The predicted octanol–water partition coefficient (Wildman–Crippen LogP) is 6.10. The summed E-state index contributed by atoms with van der Waals surface area (Å²) in [6, 6.07) is 12.7. The number of benzene rings is 1. The minimum Gasteiger partial charge on any atom is -0.444 e. The molecule has 1 unspecified atom stereocenters. The molecule has 0 spiro atoms. The Labute approximate surface area is 273 Å². The highest BCUT2D eigenvalue weighted by molar-refractivity contribution is 7.15. The summed E-state index contributed by atoms with van der Waals surface area (Å²) in [6.45, 7) is 1.64. The summed E-state index contributed by atoms with van der Waals surface area (Å²) in [5.74, 6) is -1.57. The van der Waals surface area contributed by atoms with Gasteiger partial charge in [0.15, 0.2) is 12.5 Å². The Morgan fingerprint density at radius 2 is 1.81 bits per heavy atom. The van der Waals surface area contributed by atoms with Crippen LogP contribution in [0.2, 0.25) is 0 Å². The van der Waals surface area contributed by atoms with Crippen LogP contribution in [0, 0.1) is 5.92 Å². The number of aromatic nitrogens is 4. The molecule has 0 radical (unpaired) electrons. The summed E-state index contributed by atoms with van der Waals surface area (Å²) in [5, 5.41) is 20.4. The van der Waals surface area contributed by atoms with Gasteiger partial charge in [-0.1, -0.05) is 54.7 Å². The molecule has 1 atom stereocenters. The first-order chi connectivity index (χ1) is 22.6. The molecule has 3 aromatic rings. The van der Waals surface area contributed by atoms with E-state index in [1.807, 2.05) is 37.3 Å². The molecule has 1 aliphatic carbocycles. The first kappa shape index (κ1) is 35.2. The smallest absolute Gasteiger partial charge is 0.444 e. The standard InChI is InChI=1S/C32H35F3N6O5S/c1-2-9-30(44)45-21-41(29(43)20-22-10-4-3-5-11-22)31-40-39-28(47-31)15-7-6-13-24-16-17-26(38-37-24)36-27(42)19-23-12-8-14-25(18-23)46-32(33,34)35/h3-5,8,10-11,14,16-18,23H,2,6-7,9,12-13,15,19-21H2,1H3,(H,36,38,42). The SMILES string of the molecule is CCCC(=O)OCN(C(=O)Cc1ccccc1)c1nnc(CCCCc2ccc(NC(=O)CC3C=C(OC(F)(F)F)C=CC3)nn2)s1. The summed E-state index contributed by atoms with van der Waals surface area (Å²) in [4.78, 5) is 38.9. The van der Waals surface area contributed by atoms with Gasteiger partial charge in [0.25, 0.3) is 0 Å². The van der Waals surface area contributed by atoms with E-state index in [1.54, 1.807) is 12.1 Å². The van der Waals surface area contributed by atoms with Gasteiger partial charge in [0.2, 0.25) is 16.9 Å². The first-order valence-corrected chi connectivity index (χ1v) is 16.0. The van der Waals surface area contributed by atoms with Gasteiger partial charge in [0, 0.05) is 19.3 Å². The number of carbonyl (C=O) groups excluding carboxylic acids is 3. The highest BCUT2D eigenvalue weighted by Crippen LogP contribution is 2.27. The molecule has 2 aromatic heterocycles. The second-order valence-corrected chi connectivity index (χ2v) is 11.8. The van der Waals surface area contributed by atoms with Gasteiger partial charge in [0.1, 0.15) is 10.8 Å². The average Bonchev–Trinajstić information content (AvgIpc) is 3.48. The van der Waals surface area contributed by atoms with Crippen LogP contribution >= 0.6 is 11.3 Å². The molecule has 0 fully saturated rings. The summed E-state index contributed by atoms with van der Waals surface area (Å²) in [5.41, 5.74) is 1.55. The fourth-order valence-corrected chi connectivity index (χ4v) is 5.49. The molecule has 1 N–H and O–H groups in total. The van der Waals surface area contributed by atoms with E-state index in [0.29, 0.717) is 30.8 Å². The lowest BCUT2D eigenvalue weighted by Crippen LogP contribution is -2.35. The highest BCUT2D eigenvalue weighted by atomic mass is 32.1. The van der Waals surface area contributed by atoms with E-state index < -0.39 is 18.2 Å². The van der Waals surface area contributed by atoms with E-state index in [4.69, 9.17) is 4.74 Å². The summed E-state index contributed by atoms with van der Waals surface area (Å²) < 4.78 is 46.7. The topological polar surface area (TPSA) is 136 Å². The van der Waals surface area contributed by atoms with Crippen molar-refractivity contribution < 1.29 is 37.0 Å². The lowest BCUT2D eigenvalue weighted by atomic mass is 9.96. The van der Waals surface area contributed by atoms with Gasteiger partial charge in [-0.15, -0.1) is 28.5 Å². The number of anilines is 2. The Hall–Kier alpha value is -4.66. The number of hydrogen-bond acceptors (Lipinski definition) is 10. The summed E-state index contributed by atoms with van der Waals surface area (Å²) in [7, 11) is 0. The maximum atomic E-state index is 13.1. The number of ether oxygens (including phenoxy) is 2. The predicted molar refractivity (Wildman–Crippen MR) is 168 cm³/mol. The molecule has 2 heterocycles. The van der Waals surface area contributed by atoms with Crippen molar-refractivity contribution in [3.05, 3.63) is 82.7 Å². The van der Waals surface area contributed by atoms with Crippen LogP contribution < -0.4 is 10.2 Å². The Kier molecular flexibility index (Phi) is 13.0. The maximum absolute atomic E-state index is 13.1. The molecule has 47 heavy (non-hydrogen) atoms. The van der Waals surface area contributed by atoms with Gasteiger partial charge in [-0.05, 0) is 67.9 Å². The highest BCUT2D eigenvalue weighted by Gasteiger charge is 2.32. The molecule has 0 aliphatic heterocycles. The number of allylic oxidation sites excluding steroid dienone is 3. The van der Waals surface area contributed by atoms with Crippen molar-refractivity contribution in [1.82, 2.24) is 20.4 Å². The number of unbranched alkanes of at least 4 members (excludes halogenated alkanes) is 1. The van der Waals surface area contributed by atoms with E-state index >= 15 is 0 Å². The molecular formula is C32H35F3N6O5S. The van der Waals surface area contributed by atoms with Crippen molar-refractivity contribution in [2.75, 3.05) is 16.9 Å². The van der Waals surface area contributed by atoms with Crippen molar-refractivity contribution in [2.24, 2.45) is 5.92 Å². The lowest BCUT2D eigenvalue weighted by Gasteiger charge is -2.19. The van der Waals surface area contributed by atoms with Crippen LogP contribution in [0.25, 0.3) is 0 Å². The third kappa shape index (κ3) is 12.2. The van der Waals surface area contributed by atoms with E-state index in [0.717, 1.165) is 29.1 Å². The molecule has 0 bridgehead atoms. The quantitative estimate of drug-likeness (QED) is 0.109. The van der Waals surface area contributed by atoms with E-state index in [9.17, 15) is 27.6 Å². The summed E-state index contributed by atoms with van der Waals surface area (Å²) in [6.07, 6.45) is 3.45. The number of aryl methyl sites for hydroxylation is 2. The van der Waals surface area contributed by atoms with Gasteiger partial charge in [0.05, 0.1) is 12.1 Å². The molecule has 250 valence electrons. The van der Waals surface area contributed by atoms with Crippen LogP contribution in [0.5, 0.6) is 0 Å². The van der Waals surface area contributed by atoms with Gasteiger partial charge in [-0.3, -0.25) is 19.3 Å². The van der Waals surface area contributed by atoms with Crippen molar-refractivity contribution in [1.29, 1.82) is 0 Å². The fourth-order valence-electron chi connectivity index (χ4n) is 4.60. The Bertz CT molecular complexity index is 1550. The van der Waals surface area contributed by atoms with E-state index in [-0.39, 0.29) is 49.4 Å². The van der Waals surface area contributed by atoms with Crippen LogP contribution in [0.3, 0.4) is 0 Å². The largest absolute Gasteiger partial charge is 0.573 e. The molecule has 4 rings (SSSR count). The molecule has 1 aromatic carbocycles. The Morgan fingerprint density at radius 3 is 2.53 bits per heavy atom. The zero-order valence-electron chi connectivity index (χ0n) is 25.7. The Balaban J connectivity index is 1.22. The lowest BCUT2D eigenvalue weighted by molar-refractivity contribution is -0.303. The van der Waals surface area contributed by atoms with Crippen molar-refractivity contribution >= 4 is 40.1 Å². The molecule has 0 saturated heterocycles. The van der Waals surface area contributed by atoms with Crippen LogP contribution in [0.15, 0.2) is 66.5 Å². The molecule has 1 aliphatic rings. The first-order valence-electron chi connectivity index (χ1n) is 15.2. The number of amides is 2. The van der Waals surface area contributed by atoms with Gasteiger partial charge >= 0.3 is 12.3 Å². The van der Waals surface area contributed by atoms with E-state index in [1.165, 1.54) is 34.5 Å². The second-order valence-electron chi connectivity index (χ2n) is 10.7. The molecular weight excluding hydrogens is 637 g/mol. The molecule has 15 heteroatoms. The number of hydrogen-bond donors (Lipinski definition) is 1. The van der Waals surface area contributed by atoms with Crippen LogP contribution in [0.4, 0.5) is 24.1 Å². The molecule has 11 nitrogen and oxygen atoms in total. The van der Waals surface area contributed by atoms with Crippen LogP contribution in [-0.2, 0) is 43.1 Å². The third-order valence-corrected chi connectivity index (χ3v) is 7.86. The number of esters is 1. The van der Waals surface area contributed by atoms with Gasteiger partial charge in [-0.2, -0.15) is 5.10 Å². The minimum atomic E-state index is -4.79. The van der Waals surface area contributed by atoms with Gasteiger partial charge < -0.3 is 14.8 Å². The minimum absolute atomic E-state index is 0.0330. The Morgan fingerprint density at radius 1 is 1.02 bits per heavy atom. The van der Waals surface area contributed by atoms with Crippen LogP contribution in [-0.4, -0.2) is 51.3 Å². The van der Waals surface area contributed by atoms with E-state index in [2.05, 4.69) is 30.4 Å². The van der Waals surface area contributed by atoms with Crippen molar-refractivity contribution in [2.45, 2.75) is 71.1 Å². The zero-order chi connectivity index (χ0) is 33.6. The number of halogens is 3. The summed E-state index contributed by atoms with van der Waals surface area (Å²) >= 11 is 1.27. The number of carbonyl (C=O) groups is 3. The van der Waals surface area contributed by atoms with Gasteiger partial charge in [-0.25, -0.2) is 0 Å². The van der Waals surface area contributed by atoms with Crippen molar-refractivity contribution in [3.63, 3.8) is 0 Å². The zero-order valence-corrected chi connectivity index (χ0v) is 26.6. The molecule has 0 saturated carbocycles. The van der Waals surface area contributed by atoms with Crippen molar-refractivity contribution in [3.8, 4) is 0 Å². The fraction of sp³-hybridized carbons (Fsp3) is 0.406. The number of alkyl halides is 3. The average molecular weight is 673 g/mol. The second kappa shape index (κ2) is 17.3. The number of nitrogens with zero attached hydrogens (tertiary/aromatic N) is 5. The van der Waals surface area contributed by atoms with Crippen LogP contribution in [0.1, 0.15) is 61.7 Å².